The fraction of sp³-hybridized carbons (Fsp3) is 0.909. The van der Waals surface area contributed by atoms with E-state index >= 15 is 0 Å². The Morgan fingerprint density at radius 3 is 2.57 bits per heavy atom. The lowest BCUT2D eigenvalue weighted by Crippen LogP contribution is -2.32. The topological polar surface area (TPSA) is 55.1 Å². The Balaban J connectivity index is 2.04. The standard InChI is InChI=1S/C11H22N2O/c1-9-2-4-10(5-3-9)6-7-13-11(14)8-12/h9-10H,2-8,12H2,1H3,(H,13,14). The summed E-state index contributed by atoms with van der Waals surface area (Å²) in [6, 6.07) is 0. The molecular weight excluding hydrogens is 176 g/mol. The average molecular weight is 198 g/mol. The van der Waals surface area contributed by atoms with Crippen LogP contribution in [0, 0.1) is 11.8 Å². The second-order valence-electron chi connectivity index (χ2n) is 4.47. The van der Waals surface area contributed by atoms with Crippen molar-refractivity contribution in [2.75, 3.05) is 13.1 Å². The third kappa shape index (κ3) is 4.09. The average Bonchev–Trinajstić information content (AvgIpc) is 2.21. The van der Waals surface area contributed by atoms with Gasteiger partial charge in [-0.15, -0.1) is 0 Å². The second kappa shape index (κ2) is 6.02. The summed E-state index contributed by atoms with van der Waals surface area (Å²) in [7, 11) is 0. The summed E-state index contributed by atoms with van der Waals surface area (Å²) in [5.74, 6) is 1.70. The molecule has 3 N–H and O–H groups in total. The number of hydrogen-bond acceptors (Lipinski definition) is 2. The smallest absolute Gasteiger partial charge is 0.233 e. The van der Waals surface area contributed by atoms with E-state index in [2.05, 4.69) is 12.2 Å². The van der Waals surface area contributed by atoms with E-state index in [0.29, 0.717) is 0 Å². The summed E-state index contributed by atoms with van der Waals surface area (Å²) >= 11 is 0. The Morgan fingerprint density at radius 2 is 2.00 bits per heavy atom. The molecule has 3 heteroatoms. The van der Waals surface area contributed by atoms with Gasteiger partial charge in [0.15, 0.2) is 0 Å². The largest absolute Gasteiger partial charge is 0.355 e. The lowest BCUT2D eigenvalue weighted by molar-refractivity contribution is -0.119. The Kier molecular flexibility index (Phi) is 4.94. The van der Waals surface area contributed by atoms with Crippen LogP contribution in [0.5, 0.6) is 0 Å². The zero-order chi connectivity index (χ0) is 10.4. The van der Waals surface area contributed by atoms with Gasteiger partial charge in [-0.25, -0.2) is 0 Å². The zero-order valence-corrected chi connectivity index (χ0v) is 9.09. The molecule has 0 aromatic rings. The van der Waals surface area contributed by atoms with Crippen molar-refractivity contribution >= 4 is 5.91 Å². The van der Waals surface area contributed by atoms with Crippen molar-refractivity contribution in [3.63, 3.8) is 0 Å². The van der Waals surface area contributed by atoms with Crippen LogP contribution >= 0.6 is 0 Å². The molecule has 0 atom stereocenters. The SMILES string of the molecule is CC1CCC(CCNC(=O)CN)CC1. The molecule has 0 bridgehead atoms. The minimum Gasteiger partial charge on any atom is -0.355 e. The van der Waals surface area contributed by atoms with Gasteiger partial charge in [-0.05, 0) is 18.3 Å². The summed E-state index contributed by atoms with van der Waals surface area (Å²) < 4.78 is 0. The molecule has 0 saturated heterocycles. The van der Waals surface area contributed by atoms with Crippen molar-refractivity contribution in [1.82, 2.24) is 5.32 Å². The number of nitrogens with one attached hydrogen (secondary N) is 1. The molecule has 0 aliphatic heterocycles. The van der Waals surface area contributed by atoms with Crippen molar-refractivity contribution in [3.05, 3.63) is 0 Å². The lowest BCUT2D eigenvalue weighted by atomic mass is 9.81. The first-order chi connectivity index (χ1) is 6.72. The maximum atomic E-state index is 10.9. The number of hydrogen-bond donors (Lipinski definition) is 2. The maximum absolute atomic E-state index is 10.9. The monoisotopic (exact) mass is 198 g/mol. The Morgan fingerprint density at radius 1 is 1.36 bits per heavy atom. The number of amides is 1. The van der Waals surface area contributed by atoms with E-state index in [-0.39, 0.29) is 12.5 Å². The molecule has 82 valence electrons. The third-order valence-electron chi connectivity index (χ3n) is 3.20. The number of carbonyl (C=O) groups excluding carboxylic acids is 1. The van der Waals surface area contributed by atoms with Gasteiger partial charge in [0, 0.05) is 6.54 Å². The summed E-state index contributed by atoms with van der Waals surface area (Å²) in [5.41, 5.74) is 5.20. The van der Waals surface area contributed by atoms with Gasteiger partial charge in [0.1, 0.15) is 0 Å². The molecule has 1 amide bonds. The summed E-state index contributed by atoms with van der Waals surface area (Å²) in [6.07, 6.45) is 6.50. The van der Waals surface area contributed by atoms with Crippen molar-refractivity contribution in [1.29, 1.82) is 0 Å². The molecule has 1 fully saturated rings. The highest BCUT2D eigenvalue weighted by Gasteiger charge is 2.17. The van der Waals surface area contributed by atoms with E-state index in [9.17, 15) is 4.79 Å². The Labute approximate surface area is 86.4 Å². The molecule has 0 aromatic carbocycles. The first-order valence-corrected chi connectivity index (χ1v) is 5.69. The molecule has 0 unspecified atom stereocenters. The number of nitrogens with two attached hydrogens (primary N) is 1. The van der Waals surface area contributed by atoms with E-state index in [0.717, 1.165) is 24.8 Å². The van der Waals surface area contributed by atoms with Crippen LogP contribution in [0.1, 0.15) is 39.0 Å². The normalized spacial score (nSPS) is 27.3. The van der Waals surface area contributed by atoms with Crippen LogP contribution in [0.4, 0.5) is 0 Å². The second-order valence-corrected chi connectivity index (χ2v) is 4.47. The molecule has 0 spiro atoms. The fourth-order valence-electron chi connectivity index (χ4n) is 2.11. The fourth-order valence-corrected chi connectivity index (χ4v) is 2.11. The molecule has 0 radical (unpaired) electrons. The van der Waals surface area contributed by atoms with Gasteiger partial charge < -0.3 is 11.1 Å². The Hall–Kier alpha value is -0.570. The Bertz CT molecular complexity index is 174. The van der Waals surface area contributed by atoms with Gasteiger partial charge in [-0.2, -0.15) is 0 Å². The van der Waals surface area contributed by atoms with Crippen LogP contribution in [-0.2, 0) is 4.79 Å². The van der Waals surface area contributed by atoms with Crippen molar-refractivity contribution in [3.8, 4) is 0 Å². The van der Waals surface area contributed by atoms with Gasteiger partial charge in [0.05, 0.1) is 6.54 Å². The molecule has 14 heavy (non-hydrogen) atoms. The van der Waals surface area contributed by atoms with Crippen LogP contribution in [0.15, 0.2) is 0 Å². The first-order valence-electron chi connectivity index (χ1n) is 5.69. The van der Waals surface area contributed by atoms with E-state index in [1.165, 1.54) is 25.7 Å². The lowest BCUT2D eigenvalue weighted by Gasteiger charge is -2.26. The van der Waals surface area contributed by atoms with Gasteiger partial charge >= 0.3 is 0 Å². The molecule has 1 rings (SSSR count). The van der Waals surface area contributed by atoms with Crippen molar-refractivity contribution < 1.29 is 4.79 Å². The molecule has 0 heterocycles. The predicted octanol–water partition coefficient (Wildman–Crippen LogP) is 1.28. The zero-order valence-electron chi connectivity index (χ0n) is 9.09. The van der Waals surface area contributed by atoms with Gasteiger partial charge in [0.25, 0.3) is 0 Å². The molecule has 1 aliphatic rings. The third-order valence-corrected chi connectivity index (χ3v) is 3.20. The molecular formula is C11H22N2O. The van der Waals surface area contributed by atoms with Gasteiger partial charge in [-0.1, -0.05) is 32.6 Å². The van der Waals surface area contributed by atoms with Crippen molar-refractivity contribution in [2.45, 2.75) is 39.0 Å². The van der Waals surface area contributed by atoms with Crippen LogP contribution in [0.2, 0.25) is 0 Å². The number of rotatable bonds is 4. The summed E-state index contributed by atoms with van der Waals surface area (Å²) in [4.78, 5) is 10.9. The predicted molar refractivity (Wildman–Crippen MR) is 57.8 cm³/mol. The highest BCUT2D eigenvalue weighted by atomic mass is 16.1. The van der Waals surface area contributed by atoms with E-state index in [1.807, 2.05) is 0 Å². The van der Waals surface area contributed by atoms with E-state index in [4.69, 9.17) is 5.73 Å². The van der Waals surface area contributed by atoms with Crippen LogP contribution in [-0.4, -0.2) is 19.0 Å². The highest BCUT2D eigenvalue weighted by molar-refractivity contribution is 5.77. The summed E-state index contributed by atoms with van der Waals surface area (Å²) in [6.45, 7) is 3.24. The minimum absolute atomic E-state index is 0.0332. The maximum Gasteiger partial charge on any atom is 0.233 e. The minimum atomic E-state index is -0.0332. The highest BCUT2D eigenvalue weighted by Crippen LogP contribution is 2.29. The van der Waals surface area contributed by atoms with Gasteiger partial charge in [-0.3, -0.25) is 4.79 Å². The summed E-state index contributed by atoms with van der Waals surface area (Å²) in [5, 5.41) is 2.83. The van der Waals surface area contributed by atoms with Crippen LogP contribution < -0.4 is 11.1 Å². The number of carbonyl (C=O) groups is 1. The van der Waals surface area contributed by atoms with Gasteiger partial charge in [0.2, 0.25) is 5.91 Å². The van der Waals surface area contributed by atoms with Crippen LogP contribution in [0.3, 0.4) is 0 Å². The quantitative estimate of drug-likeness (QED) is 0.715. The molecule has 3 nitrogen and oxygen atoms in total. The molecule has 1 saturated carbocycles. The first kappa shape index (κ1) is 11.5. The van der Waals surface area contributed by atoms with Crippen LogP contribution in [0.25, 0.3) is 0 Å². The van der Waals surface area contributed by atoms with E-state index < -0.39 is 0 Å². The van der Waals surface area contributed by atoms with Crippen molar-refractivity contribution in [2.24, 2.45) is 17.6 Å². The molecule has 0 aromatic heterocycles. The molecule has 1 aliphatic carbocycles. The van der Waals surface area contributed by atoms with E-state index in [1.54, 1.807) is 0 Å².